The first-order chi connectivity index (χ1) is 15.5. The minimum atomic E-state index is -4.68. The summed E-state index contributed by atoms with van der Waals surface area (Å²) in [6.07, 6.45) is -2.55. The number of amides is 1. The third kappa shape index (κ3) is 5.95. The van der Waals surface area contributed by atoms with E-state index in [2.05, 4.69) is 0 Å². The number of hydrogen-bond acceptors (Lipinski definition) is 5. The van der Waals surface area contributed by atoms with Crippen LogP contribution in [-0.4, -0.2) is 25.3 Å². The zero-order valence-corrected chi connectivity index (χ0v) is 18.7. The minimum absolute atomic E-state index is 0.0661. The van der Waals surface area contributed by atoms with E-state index in [-0.39, 0.29) is 30.0 Å². The van der Waals surface area contributed by atoms with Gasteiger partial charge in [0.1, 0.15) is 10.6 Å². The summed E-state index contributed by atoms with van der Waals surface area (Å²) >= 11 is 0. The second kappa shape index (κ2) is 9.70. The number of benzene rings is 2. The predicted molar refractivity (Wildman–Crippen MR) is 114 cm³/mol. The zero-order chi connectivity index (χ0) is 24.2. The molecule has 3 aromatic rings. The van der Waals surface area contributed by atoms with E-state index < -0.39 is 26.8 Å². The third-order valence-corrected chi connectivity index (χ3v) is 6.29. The van der Waals surface area contributed by atoms with Crippen molar-refractivity contribution in [2.24, 2.45) is 0 Å². The molecule has 10 heteroatoms. The Labute approximate surface area is 189 Å². The molecule has 3 rings (SSSR count). The number of alkyl halides is 3. The summed E-state index contributed by atoms with van der Waals surface area (Å²) in [5.74, 6) is -0.132. The number of furan rings is 1. The quantitative estimate of drug-likeness (QED) is 0.397. The molecule has 0 aliphatic heterocycles. The molecule has 1 aromatic heterocycles. The molecule has 0 aliphatic rings. The lowest BCUT2D eigenvalue weighted by Gasteiger charge is -2.28. The molecule has 0 saturated heterocycles. The summed E-state index contributed by atoms with van der Waals surface area (Å²) < 4.78 is 73.8. The predicted octanol–water partition coefficient (Wildman–Crippen LogP) is 5.51. The normalized spacial score (nSPS) is 12.9. The Hall–Kier alpha value is -3.27. The Kier molecular flexibility index (Phi) is 7.16. The number of carbonyl (C=O) groups excluding carboxylic acids is 1. The molecule has 1 atom stereocenters. The van der Waals surface area contributed by atoms with E-state index in [1.807, 2.05) is 13.8 Å². The number of carbonyl (C=O) groups is 1. The molecule has 0 saturated carbocycles. The monoisotopic (exact) mass is 481 g/mol. The van der Waals surface area contributed by atoms with Crippen molar-refractivity contribution in [3.63, 3.8) is 0 Å². The van der Waals surface area contributed by atoms with Gasteiger partial charge in [-0.05, 0) is 61.4 Å². The molecule has 0 fully saturated rings. The standard InChI is InChI=1S/C23H22F3NO5S/c1-3-16(2)27(22(28)21-8-5-13-31-21)15-17-9-11-19(12-10-17)32-33(29,30)20-7-4-6-18(14-20)23(24,25)26/h4-14,16H,3,15H2,1-2H3. The van der Waals surface area contributed by atoms with E-state index in [4.69, 9.17) is 8.60 Å². The lowest BCUT2D eigenvalue weighted by molar-refractivity contribution is -0.137. The average molecular weight is 481 g/mol. The molecular weight excluding hydrogens is 459 g/mol. The van der Waals surface area contributed by atoms with Crippen molar-refractivity contribution in [1.82, 2.24) is 4.90 Å². The first kappa shape index (κ1) is 24.4. The summed E-state index contributed by atoms with van der Waals surface area (Å²) in [7, 11) is -4.47. The second-order valence-corrected chi connectivity index (χ2v) is 8.92. The molecule has 33 heavy (non-hydrogen) atoms. The van der Waals surface area contributed by atoms with Gasteiger partial charge in [-0.25, -0.2) is 0 Å². The molecule has 0 bridgehead atoms. The van der Waals surface area contributed by atoms with Gasteiger partial charge in [-0.3, -0.25) is 4.79 Å². The Morgan fingerprint density at radius 2 is 1.79 bits per heavy atom. The van der Waals surface area contributed by atoms with Gasteiger partial charge in [0.2, 0.25) is 0 Å². The van der Waals surface area contributed by atoms with Crippen molar-refractivity contribution < 1.29 is 35.0 Å². The van der Waals surface area contributed by atoms with Crippen LogP contribution in [0.2, 0.25) is 0 Å². The van der Waals surface area contributed by atoms with Crippen LogP contribution in [0.1, 0.15) is 41.9 Å². The van der Waals surface area contributed by atoms with E-state index in [1.165, 1.54) is 18.4 Å². The third-order valence-electron chi connectivity index (χ3n) is 5.05. The molecule has 176 valence electrons. The van der Waals surface area contributed by atoms with Crippen LogP contribution in [0.15, 0.2) is 76.2 Å². The molecule has 1 unspecified atom stereocenters. The zero-order valence-electron chi connectivity index (χ0n) is 17.9. The molecule has 6 nitrogen and oxygen atoms in total. The first-order valence-electron chi connectivity index (χ1n) is 10.1. The van der Waals surface area contributed by atoms with Crippen molar-refractivity contribution >= 4 is 16.0 Å². The Bertz CT molecular complexity index is 1190. The van der Waals surface area contributed by atoms with E-state index >= 15 is 0 Å². The fourth-order valence-electron chi connectivity index (χ4n) is 3.04. The number of halogens is 3. The molecule has 0 spiro atoms. The summed E-state index contributed by atoms with van der Waals surface area (Å²) in [4.78, 5) is 13.8. The van der Waals surface area contributed by atoms with Crippen LogP contribution in [-0.2, 0) is 22.8 Å². The van der Waals surface area contributed by atoms with Crippen LogP contribution in [0, 0.1) is 0 Å². The summed E-state index contributed by atoms with van der Waals surface area (Å²) in [5.41, 5.74) is -0.382. The van der Waals surface area contributed by atoms with Gasteiger partial charge in [-0.2, -0.15) is 21.6 Å². The molecule has 0 radical (unpaired) electrons. The summed E-state index contributed by atoms with van der Waals surface area (Å²) in [6, 6.07) is 12.4. The number of nitrogens with zero attached hydrogens (tertiary/aromatic N) is 1. The highest BCUT2D eigenvalue weighted by atomic mass is 32.2. The maximum atomic E-state index is 12.9. The molecule has 0 N–H and O–H groups in total. The van der Waals surface area contributed by atoms with Crippen LogP contribution < -0.4 is 4.18 Å². The largest absolute Gasteiger partial charge is 0.459 e. The number of hydrogen-bond donors (Lipinski definition) is 0. The van der Waals surface area contributed by atoms with E-state index in [0.717, 1.165) is 18.2 Å². The molecular formula is C23H22F3NO5S. The van der Waals surface area contributed by atoms with Crippen molar-refractivity contribution in [2.45, 2.75) is 43.9 Å². The summed E-state index contributed by atoms with van der Waals surface area (Å²) in [5, 5.41) is 0. The van der Waals surface area contributed by atoms with Crippen LogP contribution in [0.3, 0.4) is 0 Å². The lowest BCUT2D eigenvalue weighted by atomic mass is 10.1. The van der Waals surface area contributed by atoms with Crippen LogP contribution in [0.4, 0.5) is 13.2 Å². The van der Waals surface area contributed by atoms with Gasteiger partial charge < -0.3 is 13.5 Å². The Morgan fingerprint density at radius 1 is 1.09 bits per heavy atom. The van der Waals surface area contributed by atoms with Gasteiger partial charge in [-0.15, -0.1) is 0 Å². The van der Waals surface area contributed by atoms with Crippen molar-refractivity contribution in [3.05, 3.63) is 83.8 Å². The van der Waals surface area contributed by atoms with Crippen molar-refractivity contribution in [2.75, 3.05) is 0 Å². The van der Waals surface area contributed by atoms with E-state index in [9.17, 15) is 26.4 Å². The molecule has 2 aromatic carbocycles. The fraction of sp³-hybridized carbons (Fsp3) is 0.261. The Balaban J connectivity index is 1.76. The lowest BCUT2D eigenvalue weighted by Crippen LogP contribution is -2.37. The van der Waals surface area contributed by atoms with Crippen LogP contribution in [0.5, 0.6) is 5.75 Å². The van der Waals surface area contributed by atoms with Gasteiger partial charge in [-0.1, -0.05) is 25.1 Å². The molecule has 0 aliphatic carbocycles. The van der Waals surface area contributed by atoms with Crippen LogP contribution >= 0.6 is 0 Å². The fourth-order valence-corrected chi connectivity index (χ4v) is 4.02. The van der Waals surface area contributed by atoms with Gasteiger partial charge in [0.25, 0.3) is 5.91 Å². The van der Waals surface area contributed by atoms with Crippen LogP contribution in [0.25, 0.3) is 0 Å². The molecule has 1 amide bonds. The average Bonchev–Trinajstić information content (AvgIpc) is 3.32. The van der Waals surface area contributed by atoms with Gasteiger partial charge >= 0.3 is 16.3 Å². The summed E-state index contributed by atoms with van der Waals surface area (Å²) in [6.45, 7) is 4.10. The minimum Gasteiger partial charge on any atom is -0.459 e. The maximum Gasteiger partial charge on any atom is 0.416 e. The van der Waals surface area contributed by atoms with E-state index in [1.54, 1.807) is 29.2 Å². The molecule has 1 heterocycles. The van der Waals surface area contributed by atoms with Gasteiger partial charge in [0, 0.05) is 12.6 Å². The second-order valence-electron chi connectivity index (χ2n) is 7.37. The maximum absolute atomic E-state index is 12.9. The SMILES string of the molecule is CCC(C)N(Cc1ccc(OS(=O)(=O)c2cccc(C(F)(F)F)c2)cc1)C(=O)c1ccco1. The highest BCUT2D eigenvalue weighted by Crippen LogP contribution is 2.31. The number of rotatable bonds is 8. The highest BCUT2D eigenvalue weighted by Gasteiger charge is 2.32. The van der Waals surface area contributed by atoms with Crippen molar-refractivity contribution in [1.29, 1.82) is 0 Å². The van der Waals surface area contributed by atoms with E-state index in [0.29, 0.717) is 18.1 Å². The highest BCUT2D eigenvalue weighted by molar-refractivity contribution is 7.87. The van der Waals surface area contributed by atoms with Gasteiger partial charge in [0.05, 0.1) is 11.8 Å². The topological polar surface area (TPSA) is 76.8 Å². The van der Waals surface area contributed by atoms with Gasteiger partial charge in [0.15, 0.2) is 5.76 Å². The smallest absolute Gasteiger partial charge is 0.416 e. The first-order valence-corrected chi connectivity index (χ1v) is 11.5. The van der Waals surface area contributed by atoms with Crippen molar-refractivity contribution in [3.8, 4) is 5.75 Å². The Morgan fingerprint density at radius 3 is 2.36 bits per heavy atom.